The summed E-state index contributed by atoms with van der Waals surface area (Å²) >= 11 is 0. The summed E-state index contributed by atoms with van der Waals surface area (Å²) in [5, 5.41) is 2.96. The van der Waals surface area contributed by atoms with Crippen molar-refractivity contribution in [2.24, 2.45) is 4.99 Å². The molecule has 2 aromatic carbocycles. The van der Waals surface area contributed by atoms with Crippen LogP contribution in [0, 0.1) is 5.82 Å². The Morgan fingerprint density at radius 1 is 0.846 bits per heavy atom. The SMILES string of the molecule is O=C(Nc1ccc(-c2cccc(F)c2)nc1)C1=NCCCc2ccc(-c3cncc(N4CCCCC4)c3)cc21. The Morgan fingerprint density at radius 3 is 2.56 bits per heavy atom. The third kappa shape index (κ3) is 5.58. The van der Waals surface area contributed by atoms with E-state index < -0.39 is 0 Å². The molecule has 0 radical (unpaired) electrons. The number of piperidine rings is 1. The van der Waals surface area contributed by atoms with Crippen LogP contribution < -0.4 is 10.2 Å². The van der Waals surface area contributed by atoms with Crippen molar-refractivity contribution in [2.45, 2.75) is 32.1 Å². The Bertz CT molecular complexity index is 1530. The summed E-state index contributed by atoms with van der Waals surface area (Å²) in [6, 6.07) is 18.3. The van der Waals surface area contributed by atoms with E-state index in [4.69, 9.17) is 0 Å². The molecular weight excluding hydrogens is 489 g/mol. The molecule has 1 amide bonds. The third-order valence-electron chi connectivity index (χ3n) is 7.37. The lowest BCUT2D eigenvalue weighted by molar-refractivity contribution is -0.110. The third-order valence-corrected chi connectivity index (χ3v) is 7.37. The average molecular weight is 520 g/mol. The van der Waals surface area contributed by atoms with Gasteiger partial charge in [-0.2, -0.15) is 0 Å². The van der Waals surface area contributed by atoms with Gasteiger partial charge >= 0.3 is 0 Å². The number of hydrogen-bond acceptors (Lipinski definition) is 5. The van der Waals surface area contributed by atoms with Crippen molar-refractivity contribution < 1.29 is 9.18 Å². The van der Waals surface area contributed by atoms with Crippen LogP contribution >= 0.6 is 0 Å². The number of carbonyl (C=O) groups is 1. The van der Waals surface area contributed by atoms with Gasteiger partial charge in [0, 0.05) is 42.5 Å². The zero-order chi connectivity index (χ0) is 26.6. The Labute approximate surface area is 227 Å². The summed E-state index contributed by atoms with van der Waals surface area (Å²) in [7, 11) is 0. The van der Waals surface area contributed by atoms with E-state index in [2.05, 4.69) is 49.4 Å². The fourth-order valence-electron chi connectivity index (χ4n) is 5.32. The van der Waals surface area contributed by atoms with Crippen molar-refractivity contribution in [3.63, 3.8) is 0 Å². The predicted octanol–water partition coefficient (Wildman–Crippen LogP) is 6.31. The van der Waals surface area contributed by atoms with Gasteiger partial charge in [0.2, 0.25) is 0 Å². The molecule has 0 atom stereocenters. The van der Waals surface area contributed by atoms with Crippen molar-refractivity contribution >= 4 is 23.0 Å². The van der Waals surface area contributed by atoms with Gasteiger partial charge < -0.3 is 10.2 Å². The molecule has 0 aliphatic carbocycles. The van der Waals surface area contributed by atoms with E-state index in [0.717, 1.165) is 53.9 Å². The molecule has 196 valence electrons. The lowest BCUT2D eigenvalue weighted by Crippen LogP contribution is -2.29. The number of benzene rings is 2. The monoisotopic (exact) mass is 519 g/mol. The van der Waals surface area contributed by atoms with Crippen LogP contribution in [0.2, 0.25) is 0 Å². The molecule has 0 saturated carbocycles. The molecule has 4 heterocycles. The van der Waals surface area contributed by atoms with Crippen LogP contribution in [0.4, 0.5) is 15.8 Å². The zero-order valence-electron chi connectivity index (χ0n) is 21.7. The first-order chi connectivity index (χ1) is 19.1. The number of aromatic nitrogens is 2. The van der Waals surface area contributed by atoms with Crippen LogP contribution in [0.25, 0.3) is 22.4 Å². The molecule has 0 spiro atoms. The van der Waals surface area contributed by atoms with Gasteiger partial charge in [-0.15, -0.1) is 0 Å². The van der Waals surface area contributed by atoms with Gasteiger partial charge in [0.25, 0.3) is 5.91 Å². The maximum atomic E-state index is 13.6. The number of halogens is 1. The van der Waals surface area contributed by atoms with E-state index in [-0.39, 0.29) is 11.7 Å². The van der Waals surface area contributed by atoms with Gasteiger partial charge in [-0.1, -0.05) is 24.3 Å². The summed E-state index contributed by atoms with van der Waals surface area (Å²) in [6.45, 7) is 2.71. The number of aliphatic imine (C=N–C) groups is 1. The van der Waals surface area contributed by atoms with Crippen molar-refractivity contribution in [1.82, 2.24) is 9.97 Å². The Morgan fingerprint density at radius 2 is 1.74 bits per heavy atom. The van der Waals surface area contributed by atoms with E-state index >= 15 is 0 Å². The minimum Gasteiger partial charge on any atom is -0.370 e. The predicted molar refractivity (Wildman–Crippen MR) is 154 cm³/mol. The summed E-state index contributed by atoms with van der Waals surface area (Å²) in [4.78, 5) is 29.5. The molecule has 6 rings (SSSR count). The van der Waals surface area contributed by atoms with Crippen LogP contribution in [-0.4, -0.2) is 41.2 Å². The van der Waals surface area contributed by atoms with Crippen molar-refractivity contribution in [3.05, 3.63) is 96.2 Å². The second kappa shape index (κ2) is 11.2. The molecule has 1 saturated heterocycles. The largest absolute Gasteiger partial charge is 0.370 e. The van der Waals surface area contributed by atoms with E-state index in [0.29, 0.717) is 29.2 Å². The number of aryl methyl sites for hydroxylation is 1. The molecule has 0 bridgehead atoms. The van der Waals surface area contributed by atoms with Gasteiger partial charge in [0.05, 0.1) is 29.5 Å². The highest BCUT2D eigenvalue weighted by Crippen LogP contribution is 2.29. The first-order valence-corrected chi connectivity index (χ1v) is 13.6. The summed E-state index contributed by atoms with van der Waals surface area (Å²) in [6.07, 6.45) is 10.9. The molecule has 39 heavy (non-hydrogen) atoms. The minimum absolute atomic E-state index is 0.268. The van der Waals surface area contributed by atoms with E-state index in [1.54, 1.807) is 30.5 Å². The Balaban J connectivity index is 1.25. The number of anilines is 2. The molecule has 0 unspecified atom stereocenters. The van der Waals surface area contributed by atoms with Gasteiger partial charge in [0.15, 0.2) is 0 Å². The van der Waals surface area contributed by atoms with E-state index in [9.17, 15) is 9.18 Å². The number of pyridine rings is 2. The first kappa shape index (κ1) is 24.9. The molecule has 1 fully saturated rings. The topological polar surface area (TPSA) is 70.5 Å². The highest BCUT2D eigenvalue weighted by atomic mass is 19.1. The molecule has 2 aliphatic rings. The molecule has 4 aromatic rings. The first-order valence-electron chi connectivity index (χ1n) is 13.6. The van der Waals surface area contributed by atoms with Crippen LogP contribution in [0.5, 0.6) is 0 Å². The molecule has 2 aromatic heterocycles. The molecule has 2 aliphatic heterocycles. The van der Waals surface area contributed by atoms with Crippen molar-refractivity contribution in [2.75, 3.05) is 29.9 Å². The minimum atomic E-state index is -0.315. The molecule has 7 heteroatoms. The second-order valence-electron chi connectivity index (χ2n) is 10.1. The summed E-state index contributed by atoms with van der Waals surface area (Å²) in [5.74, 6) is -0.583. The highest BCUT2D eigenvalue weighted by molar-refractivity contribution is 6.49. The maximum Gasteiger partial charge on any atom is 0.274 e. The average Bonchev–Trinajstić information content (AvgIpc) is 3.20. The van der Waals surface area contributed by atoms with E-state index in [1.807, 2.05) is 12.4 Å². The Kier molecular flexibility index (Phi) is 7.13. The number of rotatable bonds is 5. The lowest BCUT2D eigenvalue weighted by atomic mass is 9.95. The standard InChI is InChI=1S/C32H30FN5O/c33-26-8-4-6-24(16-26)30-12-11-27(20-36-30)37-32(39)31-29-18-23(10-9-22(29)7-5-13-35-31)25-17-28(21-34-19-25)38-14-2-1-3-15-38/h4,6,8-12,16-21H,1-3,5,7,13-15H2,(H,37,39). The number of nitrogens with zero attached hydrogens (tertiary/aromatic N) is 4. The lowest BCUT2D eigenvalue weighted by Gasteiger charge is -2.28. The Hall–Kier alpha value is -4.39. The van der Waals surface area contributed by atoms with Crippen LogP contribution in [0.1, 0.15) is 36.8 Å². The summed E-state index contributed by atoms with van der Waals surface area (Å²) in [5.41, 5.74) is 7.46. The van der Waals surface area contributed by atoms with Gasteiger partial charge in [0.1, 0.15) is 11.5 Å². The fourth-order valence-corrected chi connectivity index (χ4v) is 5.32. The van der Waals surface area contributed by atoms with Crippen LogP contribution in [-0.2, 0) is 11.2 Å². The normalized spacial score (nSPS) is 15.2. The van der Waals surface area contributed by atoms with Gasteiger partial charge in [-0.25, -0.2) is 4.39 Å². The smallest absolute Gasteiger partial charge is 0.274 e. The fraction of sp³-hybridized carbons (Fsp3) is 0.250. The van der Waals surface area contributed by atoms with Crippen LogP contribution in [0.3, 0.4) is 0 Å². The number of hydrogen-bond donors (Lipinski definition) is 1. The highest BCUT2D eigenvalue weighted by Gasteiger charge is 2.21. The summed E-state index contributed by atoms with van der Waals surface area (Å²) < 4.78 is 13.6. The quantitative estimate of drug-likeness (QED) is 0.335. The number of nitrogens with one attached hydrogen (secondary N) is 1. The van der Waals surface area contributed by atoms with Gasteiger partial charge in [-0.3, -0.25) is 19.8 Å². The molecule has 6 nitrogen and oxygen atoms in total. The number of fused-ring (bicyclic) bond motifs is 1. The van der Waals surface area contributed by atoms with Gasteiger partial charge in [-0.05, 0) is 79.6 Å². The second-order valence-corrected chi connectivity index (χ2v) is 10.1. The zero-order valence-corrected chi connectivity index (χ0v) is 21.7. The number of amides is 1. The van der Waals surface area contributed by atoms with Crippen molar-refractivity contribution in [3.8, 4) is 22.4 Å². The van der Waals surface area contributed by atoms with E-state index in [1.165, 1.54) is 31.4 Å². The van der Waals surface area contributed by atoms with Crippen molar-refractivity contribution in [1.29, 1.82) is 0 Å². The van der Waals surface area contributed by atoms with Crippen LogP contribution in [0.15, 0.2) is 84.2 Å². The molecular formula is C32H30FN5O. The maximum absolute atomic E-state index is 13.6. The number of carbonyl (C=O) groups excluding carboxylic acids is 1. The molecule has 1 N–H and O–H groups in total.